The molecular formula is C4H5NS2. The highest BCUT2D eigenvalue weighted by molar-refractivity contribution is 8.11. The lowest BCUT2D eigenvalue weighted by Gasteiger charge is -1.90. The van der Waals surface area contributed by atoms with Gasteiger partial charge in [-0.3, -0.25) is 0 Å². The Hall–Kier alpha value is -0.0700. The molecule has 1 unspecified atom stereocenters. The summed E-state index contributed by atoms with van der Waals surface area (Å²) in [5, 5.41) is 8.12. The largest absolute Gasteiger partial charge is 0.198 e. The van der Waals surface area contributed by atoms with Gasteiger partial charge >= 0.3 is 0 Å². The van der Waals surface area contributed by atoms with Crippen LogP contribution >= 0.6 is 24.8 Å². The molecule has 0 saturated carbocycles. The predicted octanol–water partition coefficient (Wildman–Crippen LogP) is 1.40. The summed E-state index contributed by atoms with van der Waals surface area (Å²) in [6.07, 6.45) is 0. The van der Waals surface area contributed by atoms with Gasteiger partial charge in [-0.1, -0.05) is 12.2 Å². The normalized spacial score (nSPS) is 12.1. The molecule has 0 heterocycles. The number of thiol groups is 1. The molecule has 0 N–H and O–H groups in total. The third kappa shape index (κ3) is 2.60. The molecule has 0 amide bonds. The summed E-state index contributed by atoms with van der Waals surface area (Å²) < 4.78 is 0.461. The van der Waals surface area contributed by atoms with E-state index in [0.29, 0.717) is 4.20 Å². The zero-order valence-corrected chi connectivity index (χ0v) is 5.59. The quantitative estimate of drug-likeness (QED) is 0.429. The van der Waals surface area contributed by atoms with Gasteiger partial charge in [0.05, 0.1) is 16.2 Å². The molecule has 0 spiro atoms. The van der Waals surface area contributed by atoms with Crippen LogP contribution in [0, 0.1) is 17.2 Å². The highest BCUT2D eigenvalue weighted by Gasteiger charge is 1.98. The maximum absolute atomic E-state index is 8.12. The molecule has 0 aromatic heterocycles. The molecule has 0 fully saturated rings. The average Bonchev–Trinajstić information content (AvgIpc) is 1.65. The van der Waals surface area contributed by atoms with Crippen LogP contribution in [0.3, 0.4) is 0 Å². The molecule has 0 bridgehead atoms. The molecule has 0 radical (unpaired) electrons. The van der Waals surface area contributed by atoms with E-state index in [2.05, 4.69) is 24.8 Å². The van der Waals surface area contributed by atoms with Crippen molar-refractivity contribution in [3.05, 3.63) is 0 Å². The summed E-state index contributed by atoms with van der Waals surface area (Å²) in [6, 6.07) is 1.95. The van der Waals surface area contributed by atoms with E-state index < -0.39 is 0 Å². The van der Waals surface area contributed by atoms with Crippen LogP contribution in [0.15, 0.2) is 0 Å². The van der Waals surface area contributed by atoms with Gasteiger partial charge in [-0.15, -0.1) is 12.6 Å². The molecule has 1 nitrogen and oxygen atoms in total. The summed E-state index contributed by atoms with van der Waals surface area (Å²) in [6.45, 7) is 1.72. The molecule has 0 rings (SSSR count). The van der Waals surface area contributed by atoms with E-state index in [-0.39, 0.29) is 5.92 Å². The van der Waals surface area contributed by atoms with Crippen molar-refractivity contribution in [1.82, 2.24) is 0 Å². The maximum atomic E-state index is 8.12. The van der Waals surface area contributed by atoms with Crippen molar-refractivity contribution in [3.63, 3.8) is 0 Å². The second kappa shape index (κ2) is 3.00. The van der Waals surface area contributed by atoms with Crippen molar-refractivity contribution in [2.24, 2.45) is 5.92 Å². The Kier molecular flexibility index (Phi) is 2.97. The van der Waals surface area contributed by atoms with Gasteiger partial charge in [0.15, 0.2) is 0 Å². The second-order valence-corrected chi connectivity index (χ2v) is 2.41. The van der Waals surface area contributed by atoms with E-state index in [4.69, 9.17) is 5.26 Å². The van der Waals surface area contributed by atoms with Crippen molar-refractivity contribution < 1.29 is 0 Å². The van der Waals surface area contributed by atoms with Crippen molar-refractivity contribution in [2.75, 3.05) is 0 Å². The van der Waals surface area contributed by atoms with Crippen LogP contribution in [-0.4, -0.2) is 4.20 Å². The Balaban J connectivity index is 3.63. The molecule has 0 aromatic carbocycles. The van der Waals surface area contributed by atoms with Crippen LogP contribution in [0.5, 0.6) is 0 Å². The van der Waals surface area contributed by atoms with Gasteiger partial charge in [0, 0.05) is 0 Å². The average molecular weight is 131 g/mol. The molecule has 3 heteroatoms. The number of nitriles is 1. The summed E-state index contributed by atoms with van der Waals surface area (Å²) >= 11 is 8.34. The van der Waals surface area contributed by atoms with Gasteiger partial charge in [0.25, 0.3) is 0 Å². The van der Waals surface area contributed by atoms with Gasteiger partial charge in [-0.05, 0) is 6.92 Å². The first-order chi connectivity index (χ1) is 3.18. The summed E-state index contributed by atoms with van der Waals surface area (Å²) in [5.41, 5.74) is 0. The molecule has 0 aliphatic carbocycles. The van der Waals surface area contributed by atoms with Gasteiger partial charge in [0.1, 0.15) is 0 Å². The lowest BCUT2D eigenvalue weighted by molar-refractivity contribution is 1.05. The van der Waals surface area contributed by atoms with Crippen molar-refractivity contribution in [1.29, 1.82) is 5.26 Å². The highest BCUT2D eigenvalue weighted by Crippen LogP contribution is 1.98. The van der Waals surface area contributed by atoms with Gasteiger partial charge in [-0.25, -0.2) is 0 Å². The van der Waals surface area contributed by atoms with Gasteiger partial charge < -0.3 is 0 Å². The smallest absolute Gasteiger partial charge is 0.0844 e. The second-order valence-electron chi connectivity index (χ2n) is 1.19. The third-order valence-corrected chi connectivity index (χ3v) is 1.30. The SMILES string of the molecule is CC(C#N)C(=S)S. The van der Waals surface area contributed by atoms with Gasteiger partial charge in [0.2, 0.25) is 0 Å². The highest BCUT2D eigenvalue weighted by atomic mass is 32.1. The summed E-state index contributed by atoms with van der Waals surface area (Å²) in [5.74, 6) is -0.196. The minimum atomic E-state index is -0.196. The Morgan fingerprint density at radius 1 is 2.00 bits per heavy atom. The maximum Gasteiger partial charge on any atom is 0.0844 e. The Morgan fingerprint density at radius 3 is 2.43 bits per heavy atom. The minimum Gasteiger partial charge on any atom is -0.198 e. The number of thiocarbonyl (C=S) groups is 1. The number of hydrogen-bond donors (Lipinski definition) is 1. The van der Waals surface area contributed by atoms with Crippen molar-refractivity contribution in [2.45, 2.75) is 6.92 Å². The molecular weight excluding hydrogens is 126 g/mol. The van der Waals surface area contributed by atoms with E-state index in [0.717, 1.165) is 0 Å². The van der Waals surface area contributed by atoms with E-state index in [9.17, 15) is 0 Å². The molecule has 0 aromatic rings. The number of hydrogen-bond acceptors (Lipinski definition) is 2. The summed E-state index contributed by atoms with van der Waals surface area (Å²) in [7, 11) is 0. The van der Waals surface area contributed by atoms with Crippen molar-refractivity contribution >= 4 is 29.0 Å². The lowest BCUT2D eigenvalue weighted by atomic mass is 10.3. The monoisotopic (exact) mass is 131 g/mol. The number of rotatable bonds is 1. The topological polar surface area (TPSA) is 23.8 Å². The van der Waals surface area contributed by atoms with E-state index in [1.165, 1.54) is 0 Å². The van der Waals surface area contributed by atoms with Crippen LogP contribution in [0.1, 0.15) is 6.92 Å². The van der Waals surface area contributed by atoms with Crippen LogP contribution in [-0.2, 0) is 0 Å². The van der Waals surface area contributed by atoms with Crippen molar-refractivity contribution in [3.8, 4) is 6.07 Å². The summed E-state index contributed by atoms with van der Waals surface area (Å²) in [4.78, 5) is 0. The van der Waals surface area contributed by atoms with E-state index in [1.807, 2.05) is 6.07 Å². The first kappa shape index (κ1) is 6.93. The van der Waals surface area contributed by atoms with Crippen LogP contribution in [0.2, 0.25) is 0 Å². The van der Waals surface area contributed by atoms with E-state index >= 15 is 0 Å². The minimum absolute atomic E-state index is 0.196. The fourth-order valence-corrected chi connectivity index (χ4v) is 0.166. The Bertz CT molecular complexity index is 113. The van der Waals surface area contributed by atoms with Crippen LogP contribution in [0.25, 0.3) is 0 Å². The first-order valence-corrected chi connectivity index (χ1v) is 2.66. The molecule has 38 valence electrons. The molecule has 0 aliphatic rings. The fraction of sp³-hybridized carbons (Fsp3) is 0.500. The lowest BCUT2D eigenvalue weighted by Crippen LogP contribution is -1.95. The third-order valence-electron chi connectivity index (χ3n) is 0.564. The standard InChI is InChI=1S/C4H5NS2/c1-3(2-5)4(6)7/h3H,1H3,(H,6,7). The van der Waals surface area contributed by atoms with Crippen LogP contribution in [0.4, 0.5) is 0 Å². The predicted molar refractivity (Wildman–Crippen MR) is 36.4 cm³/mol. The van der Waals surface area contributed by atoms with Gasteiger partial charge in [-0.2, -0.15) is 5.26 Å². The van der Waals surface area contributed by atoms with Crippen LogP contribution < -0.4 is 0 Å². The zero-order valence-electron chi connectivity index (χ0n) is 3.88. The molecule has 7 heavy (non-hydrogen) atoms. The molecule has 0 saturated heterocycles. The Morgan fingerprint density at radius 2 is 2.43 bits per heavy atom. The molecule has 0 aliphatic heterocycles. The zero-order chi connectivity index (χ0) is 5.86. The fourth-order valence-electron chi connectivity index (χ4n) is 0.0552. The number of nitrogens with zero attached hydrogens (tertiary/aromatic N) is 1. The molecule has 1 atom stereocenters. The van der Waals surface area contributed by atoms with E-state index in [1.54, 1.807) is 6.92 Å². The Labute approximate surface area is 53.7 Å². The first-order valence-electron chi connectivity index (χ1n) is 1.81.